The summed E-state index contributed by atoms with van der Waals surface area (Å²) in [6.45, 7) is 2.49. The minimum atomic E-state index is -1.02. The maximum absolute atomic E-state index is 10.0. The molecule has 1 aliphatic rings. The molecule has 6 heteroatoms. The zero-order chi connectivity index (χ0) is 13.8. The van der Waals surface area contributed by atoms with Gasteiger partial charge in [0.15, 0.2) is 0 Å². The first kappa shape index (κ1) is 14.1. The highest BCUT2D eigenvalue weighted by Crippen LogP contribution is 2.31. The first-order chi connectivity index (χ1) is 9.19. The second-order valence-electron chi connectivity index (χ2n) is 4.35. The van der Waals surface area contributed by atoms with Crippen molar-refractivity contribution in [3.63, 3.8) is 0 Å². The van der Waals surface area contributed by atoms with Gasteiger partial charge < -0.3 is 25.3 Å². The van der Waals surface area contributed by atoms with Gasteiger partial charge >= 0.3 is 7.12 Å². The number of aliphatic hydroxyl groups is 1. The van der Waals surface area contributed by atoms with Crippen molar-refractivity contribution >= 4 is 12.6 Å². The third kappa shape index (κ3) is 2.82. The highest BCUT2D eigenvalue weighted by molar-refractivity contribution is 6.63. The first-order valence-electron chi connectivity index (χ1n) is 6.26. The predicted molar refractivity (Wildman–Crippen MR) is 73.4 cm³/mol. The fourth-order valence-corrected chi connectivity index (χ4v) is 2.26. The fourth-order valence-electron chi connectivity index (χ4n) is 2.26. The Morgan fingerprint density at radius 1 is 1.53 bits per heavy atom. The third-order valence-electron chi connectivity index (χ3n) is 3.07. The van der Waals surface area contributed by atoms with Crippen LogP contribution >= 0.6 is 0 Å². The molecular weight excluding hydrogens is 245 g/mol. The lowest BCUT2D eigenvalue weighted by atomic mass is 9.77. The summed E-state index contributed by atoms with van der Waals surface area (Å²) in [4.78, 5) is 0. The molecule has 0 saturated carbocycles. The van der Waals surface area contributed by atoms with Crippen molar-refractivity contribution in [3.05, 3.63) is 35.4 Å². The molecule has 4 N–H and O–H groups in total. The van der Waals surface area contributed by atoms with Crippen LogP contribution in [0.5, 0.6) is 5.75 Å². The predicted octanol–water partition coefficient (Wildman–Crippen LogP) is -0.360. The van der Waals surface area contributed by atoms with E-state index in [0.29, 0.717) is 17.8 Å². The molecule has 0 spiro atoms. The van der Waals surface area contributed by atoms with Crippen LogP contribution in [-0.2, 0) is 4.65 Å². The lowest BCUT2D eigenvalue weighted by Gasteiger charge is -2.13. The molecule has 1 atom stereocenters. The topological polar surface area (TPSA) is 84.9 Å². The van der Waals surface area contributed by atoms with Crippen molar-refractivity contribution in [2.24, 2.45) is 5.73 Å². The smallest absolute Gasteiger partial charge is 0.492 e. The van der Waals surface area contributed by atoms with Crippen molar-refractivity contribution < 1.29 is 19.5 Å². The van der Waals surface area contributed by atoms with Crippen molar-refractivity contribution in [1.29, 1.82) is 0 Å². The molecule has 1 aliphatic heterocycles. The molecule has 102 valence electrons. The van der Waals surface area contributed by atoms with Gasteiger partial charge in [-0.25, -0.2) is 0 Å². The number of aryl methyl sites for hydroxylation is 1. The second-order valence-corrected chi connectivity index (χ2v) is 4.35. The van der Waals surface area contributed by atoms with Crippen LogP contribution in [-0.4, -0.2) is 37.0 Å². The van der Waals surface area contributed by atoms with Crippen molar-refractivity contribution in [2.75, 3.05) is 19.8 Å². The monoisotopic (exact) mass is 263 g/mol. The zero-order valence-electron chi connectivity index (χ0n) is 10.9. The van der Waals surface area contributed by atoms with Crippen LogP contribution in [0.4, 0.5) is 0 Å². The number of aliphatic hydroxyl groups excluding tert-OH is 1. The van der Waals surface area contributed by atoms with Gasteiger partial charge in [0, 0.05) is 12.0 Å². The summed E-state index contributed by atoms with van der Waals surface area (Å²) >= 11 is 0. The normalized spacial score (nSPS) is 18.1. The molecule has 0 aromatic heterocycles. The standard InChI is InChI=1S/C13H18BNO4/c1-9-4-5-11(18-8-7-16)13-12(9)10(3-2-6-15)19-14(13)17/h2-5,10,16-17H,6-8,15H2,1H3/b3-2+/t10-/m1/s1. The van der Waals surface area contributed by atoms with E-state index in [0.717, 1.165) is 11.1 Å². The van der Waals surface area contributed by atoms with Gasteiger partial charge in [-0.15, -0.1) is 0 Å². The summed E-state index contributed by atoms with van der Waals surface area (Å²) in [5.74, 6) is 0.547. The van der Waals surface area contributed by atoms with E-state index < -0.39 is 7.12 Å². The Morgan fingerprint density at radius 2 is 2.32 bits per heavy atom. The summed E-state index contributed by atoms with van der Waals surface area (Å²) in [5.41, 5.74) is 8.01. The molecule has 0 aliphatic carbocycles. The summed E-state index contributed by atoms with van der Waals surface area (Å²) in [6.07, 6.45) is 3.32. The Labute approximate surface area is 112 Å². The highest BCUT2D eigenvalue weighted by Gasteiger charge is 2.37. The molecule has 19 heavy (non-hydrogen) atoms. The maximum atomic E-state index is 10.0. The minimum absolute atomic E-state index is 0.0733. The molecule has 1 heterocycles. The van der Waals surface area contributed by atoms with Gasteiger partial charge in [-0.3, -0.25) is 0 Å². The molecular formula is C13H18BNO4. The number of ether oxygens (including phenoxy) is 1. The fraction of sp³-hybridized carbons (Fsp3) is 0.385. The maximum Gasteiger partial charge on any atom is 0.496 e. The SMILES string of the molecule is Cc1ccc(OCCO)c2c1[C@@H](/C=C/CN)OB2O. The van der Waals surface area contributed by atoms with E-state index in [1.54, 1.807) is 12.1 Å². The molecule has 0 saturated heterocycles. The van der Waals surface area contributed by atoms with Gasteiger partial charge in [-0.2, -0.15) is 0 Å². The number of benzene rings is 1. The zero-order valence-corrected chi connectivity index (χ0v) is 10.9. The van der Waals surface area contributed by atoms with E-state index in [9.17, 15) is 5.02 Å². The van der Waals surface area contributed by atoms with Gasteiger partial charge in [0.2, 0.25) is 0 Å². The van der Waals surface area contributed by atoms with Crippen molar-refractivity contribution in [2.45, 2.75) is 13.0 Å². The van der Waals surface area contributed by atoms with Crippen LogP contribution in [0.15, 0.2) is 24.3 Å². The largest absolute Gasteiger partial charge is 0.496 e. The molecule has 5 nitrogen and oxygen atoms in total. The molecule has 0 amide bonds. The number of rotatable bonds is 5. The van der Waals surface area contributed by atoms with Crippen LogP contribution in [0.1, 0.15) is 17.2 Å². The van der Waals surface area contributed by atoms with E-state index in [1.807, 2.05) is 19.1 Å². The summed E-state index contributed by atoms with van der Waals surface area (Å²) in [5, 5.41) is 18.8. The minimum Gasteiger partial charge on any atom is -0.492 e. The second kappa shape index (κ2) is 6.21. The number of hydrogen-bond donors (Lipinski definition) is 3. The Bertz CT molecular complexity index is 478. The lowest BCUT2D eigenvalue weighted by molar-refractivity contribution is 0.202. The van der Waals surface area contributed by atoms with E-state index in [-0.39, 0.29) is 19.3 Å². The van der Waals surface area contributed by atoms with Crippen LogP contribution in [0, 0.1) is 6.92 Å². The van der Waals surface area contributed by atoms with Crippen LogP contribution in [0.25, 0.3) is 0 Å². The van der Waals surface area contributed by atoms with Crippen molar-refractivity contribution in [1.82, 2.24) is 0 Å². The van der Waals surface area contributed by atoms with Gasteiger partial charge in [-0.1, -0.05) is 18.2 Å². The van der Waals surface area contributed by atoms with E-state index in [4.69, 9.17) is 20.2 Å². The number of nitrogens with two attached hydrogens (primary N) is 1. The Hall–Kier alpha value is -1.34. The first-order valence-corrected chi connectivity index (χ1v) is 6.26. The van der Waals surface area contributed by atoms with E-state index in [2.05, 4.69) is 0 Å². The molecule has 2 rings (SSSR count). The Balaban J connectivity index is 2.39. The Kier molecular flexibility index (Phi) is 4.60. The summed E-state index contributed by atoms with van der Waals surface area (Å²) in [7, 11) is -1.02. The van der Waals surface area contributed by atoms with Crippen LogP contribution < -0.4 is 15.9 Å². The molecule has 1 aromatic carbocycles. The molecule has 1 aromatic rings. The van der Waals surface area contributed by atoms with Crippen molar-refractivity contribution in [3.8, 4) is 5.75 Å². The van der Waals surface area contributed by atoms with Gasteiger partial charge in [0.25, 0.3) is 0 Å². The summed E-state index contributed by atoms with van der Waals surface area (Å²) in [6, 6.07) is 3.70. The number of hydrogen-bond acceptors (Lipinski definition) is 5. The highest BCUT2D eigenvalue weighted by atomic mass is 16.5. The average Bonchev–Trinajstić information content (AvgIpc) is 2.74. The molecule has 0 bridgehead atoms. The Morgan fingerprint density at radius 3 is 3.00 bits per heavy atom. The van der Waals surface area contributed by atoms with Gasteiger partial charge in [0.1, 0.15) is 12.4 Å². The van der Waals surface area contributed by atoms with Crippen LogP contribution in [0.2, 0.25) is 0 Å². The average molecular weight is 263 g/mol. The van der Waals surface area contributed by atoms with Crippen LogP contribution in [0.3, 0.4) is 0 Å². The van der Waals surface area contributed by atoms with Gasteiger partial charge in [-0.05, 0) is 24.1 Å². The molecule has 0 radical (unpaired) electrons. The quantitative estimate of drug-likeness (QED) is 0.499. The molecule has 0 unspecified atom stereocenters. The van der Waals surface area contributed by atoms with E-state index in [1.165, 1.54) is 0 Å². The number of fused-ring (bicyclic) bond motifs is 1. The summed E-state index contributed by atoms with van der Waals surface area (Å²) < 4.78 is 10.9. The molecule has 0 fully saturated rings. The van der Waals surface area contributed by atoms with E-state index >= 15 is 0 Å². The lowest BCUT2D eigenvalue weighted by Crippen LogP contribution is -2.30. The third-order valence-corrected chi connectivity index (χ3v) is 3.07. The van der Waals surface area contributed by atoms with Gasteiger partial charge in [0.05, 0.1) is 12.7 Å².